The first-order chi connectivity index (χ1) is 28.9. The molecule has 4 heterocycles. The number of aliphatic hydroxyl groups is 1. The summed E-state index contributed by atoms with van der Waals surface area (Å²) in [6.07, 6.45) is 5.41. The van der Waals surface area contributed by atoms with Crippen molar-refractivity contribution in [2.45, 2.75) is 86.2 Å². The molecule has 8 rings (SSSR count). The topological polar surface area (TPSA) is 165 Å². The Kier molecular flexibility index (Phi) is 12.1. The second-order valence-electron chi connectivity index (χ2n) is 16.0. The highest BCUT2D eigenvalue weighted by molar-refractivity contribution is 7.99. The van der Waals surface area contributed by atoms with Crippen molar-refractivity contribution in [3.05, 3.63) is 107 Å². The number of carbonyl (C=O) groups excluding carboxylic acids is 4. The molecule has 4 aromatic rings. The zero-order chi connectivity index (χ0) is 42.1. The van der Waals surface area contributed by atoms with Gasteiger partial charge in [0.1, 0.15) is 11.9 Å². The van der Waals surface area contributed by atoms with E-state index in [1.54, 1.807) is 16.4 Å². The number of amides is 4. The Hall–Kier alpha value is -5.09. The van der Waals surface area contributed by atoms with Crippen molar-refractivity contribution in [2.24, 2.45) is 5.92 Å². The molecule has 4 atom stereocenters. The zero-order valence-corrected chi connectivity index (χ0v) is 34.9. The number of anilines is 2. The molecule has 0 spiro atoms. The van der Waals surface area contributed by atoms with E-state index >= 15 is 0 Å². The summed E-state index contributed by atoms with van der Waals surface area (Å²) >= 11 is 1.32. The predicted molar refractivity (Wildman–Crippen MR) is 228 cm³/mol. The second kappa shape index (κ2) is 17.5. The van der Waals surface area contributed by atoms with E-state index in [2.05, 4.69) is 28.1 Å². The van der Waals surface area contributed by atoms with Crippen LogP contribution in [-0.4, -0.2) is 83.9 Å². The highest BCUT2D eigenvalue weighted by Crippen LogP contribution is 2.49. The number of imide groups is 2. The van der Waals surface area contributed by atoms with Gasteiger partial charge in [-0.25, -0.2) is 12.8 Å². The van der Waals surface area contributed by atoms with Gasteiger partial charge >= 0.3 is 0 Å². The van der Waals surface area contributed by atoms with Crippen LogP contribution in [-0.2, 0) is 19.6 Å². The fraction of sp³-hybridized carbons (Fsp3) is 0.378. The summed E-state index contributed by atoms with van der Waals surface area (Å²) in [5, 5.41) is 19.5. The Bertz CT molecular complexity index is 2450. The maximum absolute atomic E-state index is 14.6. The van der Waals surface area contributed by atoms with E-state index in [1.807, 2.05) is 49.4 Å². The number of benzene rings is 4. The Labute approximate surface area is 353 Å². The highest BCUT2D eigenvalue weighted by atomic mass is 32.2. The van der Waals surface area contributed by atoms with Crippen molar-refractivity contribution in [3.63, 3.8) is 0 Å². The molecule has 0 saturated carbocycles. The van der Waals surface area contributed by atoms with Crippen molar-refractivity contribution in [2.75, 3.05) is 36.1 Å². The molecule has 4 aromatic carbocycles. The first kappa shape index (κ1) is 41.6. The number of aliphatic hydroxyl groups excluding tert-OH is 1. The molecule has 4 amide bonds. The van der Waals surface area contributed by atoms with Gasteiger partial charge in [-0.2, -0.15) is 4.31 Å². The summed E-state index contributed by atoms with van der Waals surface area (Å²) in [6, 6.07) is 21.8. The lowest BCUT2D eigenvalue weighted by Gasteiger charge is -2.39. The van der Waals surface area contributed by atoms with Crippen LogP contribution in [0, 0.1) is 18.7 Å². The van der Waals surface area contributed by atoms with Crippen LogP contribution >= 0.6 is 11.8 Å². The van der Waals surface area contributed by atoms with Gasteiger partial charge in [-0.3, -0.25) is 29.4 Å². The third-order valence-corrected chi connectivity index (χ3v) is 15.0. The summed E-state index contributed by atoms with van der Waals surface area (Å²) in [5.41, 5.74) is 5.76. The molecule has 4 aliphatic rings. The van der Waals surface area contributed by atoms with Gasteiger partial charge in [-0.1, -0.05) is 55.2 Å². The minimum atomic E-state index is -3.77. The van der Waals surface area contributed by atoms with Gasteiger partial charge in [0, 0.05) is 41.7 Å². The number of carbonyl (C=O) groups is 4. The van der Waals surface area contributed by atoms with Crippen molar-refractivity contribution >= 4 is 56.8 Å². The largest absolute Gasteiger partial charge is 0.394 e. The van der Waals surface area contributed by atoms with E-state index in [9.17, 15) is 37.1 Å². The number of piperidine rings is 1. The Morgan fingerprint density at radius 3 is 2.43 bits per heavy atom. The minimum Gasteiger partial charge on any atom is -0.394 e. The average Bonchev–Trinajstić information content (AvgIpc) is 3.80. The zero-order valence-electron chi connectivity index (χ0n) is 33.3. The first-order valence-electron chi connectivity index (χ1n) is 20.6. The highest BCUT2D eigenvalue weighted by Gasteiger charge is 2.49. The number of hydrogen-bond donors (Lipinski definition) is 4. The van der Waals surface area contributed by atoms with E-state index in [-0.39, 0.29) is 47.4 Å². The van der Waals surface area contributed by atoms with Crippen molar-refractivity contribution in [1.29, 1.82) is 0 Å². The number of aryl methyl sites for hydroxylation is 1. The van der Waals surface area contributed by atoms with Crippen molar-refractivity contribution < 1.29 is 37.1 Å². The molecular weight excluding hydrogens is 806 g/mol. The predicted octanol–water partition coefficient (Wildman–Crippen LogP) is 6.90. The summed E-state index contributed by atoms with van der Waals surface area (Å²) in [4.78, 5) is 52.0. The molecule has 1 unspecified atom stereocenters. The number of thioether (sulfide) groups is 1. The number of halogens is 1. The lowest BCUT2D eigenvalue weighted by atomic mass is 9.82. The van der Waals surface area contributed by atoms with Crippen LogP contribution in [0.3, 0.4) is 0 Å². The van der Waals surface area contributed by atoms with Crippen LogP contribution in [0.4, 0.5) is 15.8 Å². The SMILES string of the molecule is Cc1ccc(S(=O)(=O)N2CC[C@@H]3[C@H](CO)Nc4ccc(-c5cccc(NCCCCCCCSc6cc(F)cc7c6C(=O)N(C6CCC(=O)NC6=O)C7=O)c5)cc4[C@@H]32)cc1. The molecule has 15 heteroatoms. The van der Waals surface area contributed by atoms with E-state index < -0.39 is 51.6 Å². The summed E-state index contributed by atoms with van der Waals surface area (Å²) in [7, 11) is -3.77. The van der Waals surface area contributed by atoms with Gasteiger partial charge in [-0.15, -0.1) is 11.8 Å². The van der Waals surface area contributed by atoms with E-state index in [1.165, 1.54) is 17.8 Å². The second-order valence-corrected chi connectivity index (χ2v) is 19.0. The van der Waals surface area contributed by atoms with Crippen LogP contribution in [0.15, 0.2) is 88.7 Å². The molecule has 4 aliphatic heterocycles. The summed E-state index contributed by atoms with van der Waals surface area (Å²) in [5.74, 6) is -2.58. The van der Waals surface area contributed by atoms with E-state index in [4.69, 9.17) is 0 Å². The Morgan fingerprint density at radius 1 is 0.883 bits per heavy atom. The summed E-state index contributed by atoms with van der Waals surface area (Å²) in [6.45, 7) is 3.00. The third-order valence-electron chi connectivity index (χ3n) is 12.0. The van der Waals surface area contributed by atoms with Crippen LogP contribution in [0.5, 0.6) is 0 Å². The Balaban J connectivity index is 0.832. The van der Waals surface area contributed by atoms with Gasteiger partial charge in [0.05, 0.1) is 34.7 Å². The Morgan fingerprint density at radius 2 is 1.65 bits per heavy atom. The molecular formula is C45H48FN5O7S2. The molecule has 0 radical (unpaired) electrons. The lowest BCUT2D eigenvalue weighted by molar-refractivity contribution is -0.136. The maximum atomic E-state index is 14.6. The molecule has 0 aromatic heterocycles. The summed E-state index contributed by atoms with van der Waals surface area (Å²) < 4.78 is 44.2. The monoisotopic (exact) mass is 853 g/mol. The average molecular weight is 854 g/mol. The number of nitrogens with zero attached hydrogens (tertiary/aromatic N) is 2. The van der Waals surface area contributed by atoms with Gasteiger partial charge in [0.25, 0.3) is 11.8 Å². The number of fused-ring (bicyclic) bond motifs is 4. The molecule has 2 saturated heterocycles. The van der Waals surface area contributed by atoms with Gasteiger partial charge in [0.15, 0.2) is 0 Å². The molecule has 4 N–H and O–H groups in total. The minimum absolute atomic E-state index is 0.0134. The molecule has 314 valence electrons. The number of sulfonamides is 1. The van der Waals surface area contributed by atoms with Gasteiger partial charge < -0.3 is 15.7 Å². The number of rotatable bonds is 15. The van der Waals surface area contributed by atoms with E-state index in [0.29, 0.717) is 23.6 Å². The molecule has 0 aliphatic carbocycles. The third kappa shape index (κ3) is 8.19. The number of hydrogen-bond acceptors (Lipinski definition) is 10. The first-order valence-corrected chi connectivity index (χ1v) is 23.0. The van der Waals surface area contributed by atoms with Crippen molar-refractivity contribution in [3.8, 4) is 11.1 Å². The van der Waals surface area contributed by atoms with Crippen LogP contribution < -0.4 is 16.0 Å². The number of nitrogens with one attached hydrogen (secondary N) is 3. The van der Waals surface area contributed by atoms with Crippen LogP contribution in [0.1, 0.15) is 89.3 Å². The smallest absolute Gasteiger partial charge is 0.263 e. The standard InChI is InChI=1S/C45H48FN5O7S2/c1-27-10-13-32(14-11-27)60(57,58)50-20-18-33-37(26-52)48-36-15-12-29(23-34(36)42(33)50)28-8-7-9-31(22-28)47-19-5-3-2-4-6-21-59-39-25-30(46)24-35-41(39)45(56)51(44(35)55)38-16-17-40(53)49-43(38)54/h7-15,22-25,33,37-38,42,47-48,52H,2-6,16-21,26H2,1H3,(H,49,53,54)/t33-,37+,38?,42-/m1/s1. The quantitative estimate of drug-likeness (QED) is 0.0562. The van der Waals surface area contributed by atoms with E-state index in [0.717, 1.165) is 83.2 Å². The van der Waals surface area contributed by atoms with Crippen LogP contribution in [0.25, 0.3) is 11.1 Å². The normalized spacial score (nSPS) is 21.4. The molecule has 12 nitrogen and oxygen atoms in total. The fourth-order valence-electron chi connectivity index (χ4n) is 8.94. The van der Waals surface area contributed by atoms with Crippen LogP contribution in [0.2, 0.25) is 0 Å². The van der Waals surface area contributed by atoms with Gasteiger partial charge in [-0.05, 0) is 104 Å². The fourth-order valence-corrected chi connectivity index (χ4v) is 11.7. The van der Waals surface area contributed by atoms with Gasteiger partial charge in [0.2, 0.25) is 21.8 Å². The maximum Gasteiger partial charge on any atom is 0.263 e. The molecule has 60 heavy (non-hydrogen) atoms. The van der Waals surface area contributed by atoms with Crippen molar-refractivity contribution in [1.82, 2.24) is 14.5 Å². The number of unbranched alkanes of at least 4 members (excludes halogenated alkanes) is 4. The lowest BCUT2D eigenvalue weighted by Crippen LogP contribution is -2.54. The molecule has 0 bridgehead atoms. The molecule has 2 fully saturated rings.